The van der Waals surface area contributed by atoms with Gasteiger partial charge in [-0.2, -0.15) is 0 Å². The van der Waals surface area contributed by atoms with Crippen LogP contribution >= 0.6 is 15.9 Å². The minimum atomic E-state index is 0.508. The van der Waals surface area contributed by atoms with Crippen LogP contribution in [0.1, 0.15) is 22.3 Å². The van der Waals surface area contributed by atoms with Crippen molar-refractivity contribution in [3.05, 3.63) is 58.1 Å². The van der Waals surface area contributed by atoms with Crippen LogP contribution in [-0.2, 0) is 0 Å². The zero-order chi connectivity index (χ0) is 15.1. The molecule has 0 fully saturated rings. The van der Waals surface area contributed by atoms with Crippen LogP contribution in [0.25, 0.3) is 0 Å². The number of aryl methyl sites for hydroxylation is 1. The zero-order valence-corrected chi connectivity index (χ0v) is 13.4. The monoisotopic (exact) mass is 348 g/mol. The molecule has 3 nitrogen and oxygen atoms in total. The largest absolute Gasteiger partial charge is 0.493 e. The molecule has 0 aliphatic carbocycles. The van der Waals surface area contributed by atoms with Gasteiger partial charge in [-0.25, -0.2) is 0 Å². The Bertz CT molecular complexity index is 593. The number of halogens is 1. The minimum Gasteiger partial charge on any atom is -0.493 e. The van der Waals surface area contributed by atoms with E-state index in [0.717, 1.165) is 22.9 Å². The standard InChI is InChI=1S/C17H17BrO3/c1-13-3-6-16(7-4-13)20-9-2-10-21-17-8-5-15(18)11-14(17)12-19/h3-8,11-12H,2,9-10H2,1H3. The van der Waals surface area contributed by atoms with E-state index in [1.165, 1.54) is 5.56 Å². The molecule has 2 aromatic rings. The molecule has 0 radical (unpaired) electrons. The maximum Gasteiger partial charge on any atom is 0.153 e. The second-order valence-corrected chi connectivity index (χ2v) is 5.58. The van der Waals surface area contributed by atoms with Gasteiger partial charge in [0.1, 0.15) is 11.5 Å². The van der Waals surface area contributed by atoms with Gasteiger partial charge in [-0.15, -0.1) is 0 Å². The lowest BCUT2D eigenvalue weighted by Gasteiger charge is -2.10. The first kappa shape index (κ1) is 15.6. The summed E-state index contributed by atoms with van der Waals surface area (Å²) < 4.78 is 12.1. The van der Waals surface area contributed by atoms with Gasteiger partial charge in [0, 0.05) is 10.9 Å². The predicted octanol–water partition coefficient (Wildman–Crippen LogP) is 4.42. The van der Waals surface area contributed by atoms with Crippen LogP contribution in [0.3, 0.4) is 0 Å². The molecule has 0 aliphatic heterocycles. The number of benzene rings is 2. The van der Waals surface area contributed by atoms with E-state index in [1.54, 1.807) is 12.1 Å². The lowest BCUT2D eigenvalue weighted by atomic mass is 10.2. The highest BCUT2D eigenvalue weighted by Gasteiger charge is 2.03. The molecule has 0 aliphatic rings. The lowest BCUT2D eigenvalue weighted by Crippen LogP contribution is -2.06. The predicted molar refractivity (Wildman–Crippen MR) is 86.3 cm³/mol. The van der Waals surface area contributed by atoms with Crippen molar-refractivity contribution in [3.63, 3.8) is 0 Å². The second kappa shape index (κ2) is 7.84. The van der Waals surface area contributed by atoms with Crippen LogP contribution in [0.15, 0.2) is 46.9 Å². The Kier molecular flexibility index (Phi) is 5.81. The molecule has 2 rings (SSSR count). The van der Waals surface area contributed by atoms with Crippen LogP contribution in [0, 0.1) is 6.92 Å². The number of carbonyl (C=O) groups excluding carboxylic acids is 1. The highest BCUT2D eigenvalue weighted by molar-refractivity contribution is 9.10. The summed E-state index contributed by atoms with van der Waals surface area (Å²) in [4.78, 5) is 11.0. The van der Waals surface area contributed by atoms with Gasteiger partial charge in [0.15, 0.2) is 6.29 Å². The molecule has 0 bridgehead atoms. The normalized spacial score (nSPS) is 10.2. The van der Waals surface area contributed by atoms with E-state index in [0.29, 0.717) is 24.5 Å². The van der Waals surface area contributed by atoms with Gasteiger partial charge in [-0.3, -0.25) is 4.79 Å². The Morgan fingerprint density at radius 1 is 1.05 bits per heavy atom. The number of hydrogen-bond acceptors (Lipinski definition) is 3. The van der Waals surface area contributed by atoms with E-state index < -0.39 is 0 Å². The van der Waals surface area contributed by atoms with Crippen LogP contribution in [0.4, 0.5) is 0 Å². The molecule has 0 heterocycles. The summed E-state index contributed by atoms with van der Waals surface area (Å²) >= 11 is 3.33. The summed E-state index contributed by atoms with van der Waals surface area (Å²) in [5.74, 6) is 1.46. The smallest absolute Gasteiger partial charge is 0.153 e. The summed E-state index contributed by atoms with van der Waals surface area (Å²) in [5, 5.41) is 0. The topological polar surface area (TPSA) is 35.5 Å². The van der Waals surface area contributed by atoms with Crippen molar-refractivity contribution >= 4 is 22.2 Å². The molecule has 0 unspecified atom stereocenters. The van der Waals surface area contributed by atoms with Crippen molar-refractivity contribution in [1.82, 2.24) is 0 Å². The quantitative estimate of drug-likeness (QED) is 0.548. The van der Waals surface area contributed by atoms with Crippen molar-refractivity contribution in [2.45, 2.75) is 13.3 Å². The molecule has 4 heteroatoms. The number of hydrogen-bond donors (Lipinski definition) is 0. The van der Waals surface area contributed by atoms with Gasteiger partial charge >= 0.3 is 0 Å². The first-order valence-corrected chi connectivity index (χ1v) is 7.55. The van der Waals surface area contributed by atoms with Crippen molar-refractivity contribution in [3.8, 4) is 11.5 Å². The molecule has 0 spiro atoms. The molecular weight excluding hydrogens is 332 g/mol. The van der Waals surface area contributed by atoms with Crippen LogP contribution < -0.4 is 9.47 Å². The molecule has 0 saturated heterocycles. The second-order valence-electron chi connectivity index (χ2n) is 4.66. The fraction of sp³-hybridized carbons (Fsp3) is 0.235. The zero-order valence-electron chi connectivity index (χ0n) is 11.8. The summed E-state index contributed by atoms with van der Waals surface area (Å²) in [6.07, 6.45) is 1.55. The van der Waals surface area contributed by atoms with E-state index in [1.807, 2.05) is 37.3 Å². The summed E-state index contributed by atoms with van der Waals surface area (Å²) in [6, 6.07) is 13.3. The molecule has 2 aromatic carbocycles. The van der Waals surface area contributed by atoms with Crippen LogP contribution in [-0.4, -0.2) is 19.5 Å². The molecule has 0 atom stereocenters. The van der Waals surface area contributed by atoms with Crippen molar-refractivity contribution < 1.29 is 14.3 Å². The fourth-order valence-electron chi connectivity index (χ4n) is 1.81. The maximum atomic E-state index is 11.0. The first-order chi connectivity index (χ1) is 10.2. The number of aldehydes is 1. The van der Waals surface area contributed by atoms with Crippen LogP contribution in [0.2, 0.25) is 0 Å². The van der Waals surface area contributed by atoms with E-state index in [4.69, 9.17) is 9.47 Å². The van der Waals surface area contributed by atoms with Gasteiger partial charge in [-0.05, 0) is 37.3 Å². The van der Waals surface area contributed by atoms with E-state index >= 15 is 0 Å². The number of ether oxygens (including phenoxy) is 2. The Morgan fingerprint density at radius 3 is 2.48 bits per heavy atom. The van der Waals surface area contributed by atoms with Gasteiger partial charge in [0.25, 0.3) is 0 Å². The average molecular weight is 349 g/mol. The summed E-state index contributed by atoms with van der Waals surface area (Å²) in [6.45, 7) is 3.13. The van der Waals surface area contributed by atoms with Gasteiger partial charge in [0.05, 0.1) is 18.8 Å². The molecule has 0 aromatic heterocycles. The Morgan fingerprint density at radius 2 is 1.76 bits per heavy atom. The van der Waals surface area contributed by atoms with Gasteiger partial charge < -0.3 is 9.47 Å². The lowest BCUT2D eigenvalue weighted by molar-refractivity contribution is 0.111. The highest BCUT2D eigenvalue weighted by atomic mass is 79.9. The van der Waals surface area contributed by atoms with Crippen LogP contribution in [0.5, 0.6) is 11.5 Å². The molecule has 110 valence electrons. The van der Waals surface area contributed by atoms with Crippen molar-refractivity contribution in [2.75, 3.05) is 13.2 Å². The SMILES string of the molecule is Cc1ccc(OCCCOc2ccc(Br)cc2C=O)cc1. The Hall–Kier alpha value is -1.81. The number of carbonyl (C=O) groups is 1. The molecule has 0 saturated carbocycles. The molecular formula is C17H17BrO3. The molecule has 0 N–H and O–H groups in total. The third kappa shape index (κ3) is 4.90. The molecule has 0 amide bonds. The van der Waals surface area contributed by atoms with Gasteiger partial charge in [0.2, 0.25) is 0 Å². The molecule has 21 heavy (non-hydrogen) atoms. The fourth-order valence-corrected chi connectivity index (χ4v) is 2.19. The third-order valence-electron chi connectivity index (χ3n) is 2.93. The Balaban J connectivity index is 1.75. The van der Waals surface area contributed by atoms with Gasteiger partial charge in [-0.1, -0.05) is 33.6 Å². The van der Waals surface area contributed by atoms with E-state index in [2.05, 4.69) is 15.9 Å². The third-order valence-corrected chi connectivity index (χ3v) is 3.43. The Labute approximate surface area is 133 Å². The highest BCUT2D eigenvalue weighted by Crippen LogP contribution is 2.21. The van der Waals surface area contributed by atoms with E-state index in [9.17, 15) is 4.79 Å². The van der Waals surface area contributed by atoms with E-state index in [-0.39, 0.29) is 0 Å². The maximum absolute atomic E-state index is 11.0. The number of rotatable bonds is 7. The minimum absolute atomic E-state index is 0.508. The average Bonchev–Trinajstić information content (AvgIpc) is 2.50. The van der Waals surface area contributed by atoms with Crippen molar-refractivity contribution in [1.29, 1.82) is 0 Å². The summed E-state index contributed by atoms with van der Waals surface area (Å²) in [5.41, 5.74) is 1.76. The van der Waals surface area contributed by atoms with Crippen molar-refractivity contribution in [2.24, 2.45) is 0 Å². The first-order valence-electron chi connectivity index (χ1n) is 6.76. The summed E-state index contributed by atoms with van der Waals surface area (Å²) in [7, 11) is 0.